The third-order valence-electron chi connectivity index (χ3n) is 2.80. The van der Waals surface area contributed by atoms with Crippen LogP contribution in [0.15, 0.2) is 24.4 Å². The van der Waals surface area contributed by atoms with Crippen LogP contribution in [0.1, 0.15) is 24.2 Å². The van der Waals surface area contributed by atoms with Gasteiger partial charge in [0.2, 0.25) is 0 Å². The van der Waals surface area contributed by atoms with Crippen LogP contribution in [0.3, 0.4) is 0 Å². The molecule has 90 valence electrons. The molecule has 0 amide bonds. The molecule has 3 rings (SSSR count). The Balaban J connectivity index is 0.00000108. The molecule has 0 radical (unpaired) electrons. The summed E-state index contributed by atoms with van der Waals surface area (Å²) in [7, 11) is 0. The smallest absolute Gasteiger partial charge is 0.195 e. The Morgan fingerprint density at radius 3 is 2.88 bits per heavy atom. The second-order valence-corrected chi connectivity index (χ2v) is 5.14. The van der Waals surface area contributed by atoms with E-state index in [1.165, 1.54) is 15.8 Å². The van der Waals surface area contributed by atoms with Crippen LogP contribution in [0.5, 0.6) is 0 Å². The van der Waals surface area contributed by atoms with Crippen LogP contribution in [0.2, 0.25) is 0 Å². The number of hydrogen-bond donors (Lipinski definition) is 1. The van der Waals surface area contributed by atoms with Crippen LogP contribution >= 0.6 is 23.7 Å². The van der Waals surface area contributed by atoms with E-state index in [2.05, 4.69) is 34.5 Å². The van der Waals surface area contributed by atoms with E-state index in [0.717, 1.165) is 10.7 Å². The lowest BCUT2D eigenvalue weighted by molar-refractivity contribution is 0.790. The number of halogens is 1. The molecule has 2 N–H and O–H groups in total. The van der Waals surface area contributed by atoms with Crippen molar-refractivity contribution in [2.75, 3.05) is 0 Å². The van der Waals surface area contributed by atoms with Gasteiger partial charge < -0.3 is 5.73 Å². The van der Waals surface area contributed by atoms with Gasteiger partial charge in [0.05, 0.1) is 15.9 Å². The normalized spacial score (nSPS) is 12.9. The summed E-state index contributed by atoms with van der Waals surface area (Å²) >= 11 is 1.71. The summed E-state index contributed by atoms with van der Waals surface area (Å²) in [5.41, 5.74) is 9.33. The van der Waals surface area contributed by atoms with Crippen LogP contribution < -0.4 is 5.73 Å². The van der Waals surface area contributed by atoms with Crippen LogP contribution in [-0.4, -0.2) is 9.38 Å². The first kappa shape index (κ1) is 12.4. The number of aryl methyl sites for hydroxylation is 1. The first-order valence-electron chi connectivity index (χ1n) is 5.29. The molecule has 2 heterocycles. The molecule has 0 bridgehead atoms. The fourth-order valence-electron chi connectivity index (χ4n) is 1.95. The lowest BCUT2D eigenvalue weighted by Crippen LogP contribution is -2.04. The minimum Gasteiger partial charge on any atom is -0.323 e. The fraction of sp³-hybridized carbons (Fsp3) is 0.250. The van der Waals surface area contributed by atoms with Gasteiger partial charge in [0.15, 0.2) is 4.96 Å². The summed E-state index contributed by atoms with van der Waals surface area (Å²) < 4.78 is 3.42. The van der Waals surface area contributed by atoms with Gasteiger partial charge in [-0.3, -0.25) is 4.40 Å². The number of imidazole rings is 1. The van der Waals surface area contributed by atoms with E-state index < -0.39 is 0 Å². The van der Waals surface area contributed by atoms with Gasteiger partial charge in [-0.05, 0) is 25.5 Å². The number of fused-ring (bicyclic) bond motifs is 3. The Morgan fingerprint density at radius 2 is 2.18 bits per heavy atom. The first-order valence-corrected chi connectivity index (χ1v) is 6.11. The van der Waals surface area contributed by atoms with Crippen molar-refractivity contribution < 1.29 is 0 Å². The monoisotopic (exact) mass is 267 g/mol. The third-order valence-corrected chi connectivity index (χ3v) is 3.82. The molecule has 5 heteroatoms. The Kier molecular flexibility index (Phi) is 3.12. The largest absolute Gasteiger partial charge is 0.323 e. The number of rotatable bonds is 1. The molecule has 0 fully saturated rings. The molecule has 1 unspecified atom stereocenters. The SMILES string of the molecule is Cc1cccc2sc3nc(C(C)N)cn3c12.Cl. The molecule has 0 spiro atoms. The van der Waals surface area contributed by atoms with Crippen molar-refractivity contribution in [3.63, 3.8) is 0 Å². The summed E-state index contributed by atoms with van der Waals surface area (Å²) in [4.78, 5) is 5.57. The maximum absolute atomic E-state index is 5.85. The number of thiazole rings is 1. The van der Waals surface area contributed by atoms with E-state index >= 15 is 0 Å². The van der Waals surface area contributed by atoms with Gasteiger partial charge in [-0.25, -0.2) is 4.98 Å². The molecule has 2 aromatic heterocycles. The number of hydrogen-bond acceptors (Lipinski definition) is 3. The molecule has 0 aliphatic heterocycles. The average Bonchev–Trinajstić information content (AvgIpc) is 2.73. The van der Waals surface area contributed by atoms with Gasteiger partial charge >= 0.3 is 0 Å². The molecule has 0 saturated carbocycles. The van der Waals surface area contributed by atoms with Gasteiger partial charge in [-0.1, -0.05) is 23.5 Å². The van der Waals surface area contributed by atoms with Crippen LogP contribution in [0.25, 0.3) is 15.2 Å². The van der Waals surface area contributed by atoms with Crippen molar-refractivity contribution in [1.29, 1.82) is 0 Å². The molecule has 0 aliphatic carbocycles. The summed E-state index contributed by atoms with van der Waals surface area (Å²) in [6.45, 7) is 4.08. The molecule has 0 aliphatic rings. The number of nitrogens with zero attached hydrogens (tertiary/aromatic N) is 2. The highest BCUT2D eigenvalue weighted by Gasteiger charge is 2.11. The summed E-state index contributed by atoms with van der Waals surface area (Å²) in [5, 5.41) is 0. The van der Waals surface area contributed by atoms with Crippen molar-refractivity contribution >= 4 is 38.9 Å². The molecule has 1 atom stereocenters. The molecule has 0 saturated heterocycles. The fourth-order valence-corrected chi connectivity index (χ4v) is 3.05. The minimum atomic E-state index is -0.00818. The van der Waals surface area contributed by atoms with Crippen LogP contribution in [0.4, 0.5) is 0 Å². The molecule has 3 nitrogen and oxygen atoms in total. The summed E-state index contributed by atoms with van der Waals surface area (Å²) in [5.74, 6) is 0. The second kappa shape index (κ2) is 4.29. The van der Waals surface area contributed by atoms with Crippen LogP contribution in [-0.2, 0) is 0 Å². The zero-order valence-corrected chi connectivity index (χ0v) is 11.3. The predicted octanol–water partition coefficient (Wildman–Crippen LogP) is 3.30. The third kappa shape index (κ3) is 1.82. The zero-order valence-electron chi connectivity index (χ0n) is 9.68. The van der Waals surface area contributed by atoms with E-state index in [1.54, 1.807) is 11.3 Å². The number of nitrogens with two attached hydrogens (primary N) is 1. The topological polar surface area (TPSA) is 43.3 Å². The molecular weight excluding hydrogens is 254 g/mol. The predicted molar refractivity (Wildman–Crippen MR) is 75.2 cm³/mol. The zero-order chi connectivity index (χ0) is 11.3. The molecule has 17 heavy (non-hydrogen) atoms. The van der Waals surface area contributed by atoms with Gasteiger partial charge in [0.1, 0.15) is 0 Å². The lowest BCUT2D eigenvalue weighted by atomic mass is 10.2. The lowest BCUT2D eigenvalue weighted by Gasteiger charge is -1.98. The van der Waals surface area contributed by atoms with Gasteiger partial charge in [0.25, 0.3) is 0 Å². The highest BCUT2D eigenvalue weighted by molar-refractivity contribution is 7.23. The second-order valence-electron chi connectivity index (χ2n) is 4.13. The Morgan fingerprint density at radius 1 is 1.41 bits per heavy atom. The highest BCUT2D eigenvalue weighted by Crippen LogP contribution is 2.29. The van der Waals surface area contributed by atoms with E-state index in [4.69, 9.17) is 5.73 Å². The van der Waals surface area contributed by atoms with Crippen molar-refractivity contribution in [3.05, 3.63) is 35.7 Å². The molecular formula is C12H14ClN3S. The van der Waals surface area contributed by atoms with E-state index in [1.807, 2.05) is 13.1 Å². The van der Waals surface area contributed by atoms with Crippen molar-refractivity contribution in [2.24, 2.45) is 5.73 Å². The maximum Gasteiger partial charge on any atom is 0.195 e. The Hall–Kier alpha value is -1.10. The van der Waals surface area contributed by atoms with Crippen LogP contribution in [0, 0.1) is 6.92 Å². The first-order chi connectivity index (χ1) is 7.66. The standard InChI is InChI=1S/C12H13N3S.ClH/c1-7-4-3-5-10-11(7)15-6-9(8(2)13)14-12(15)16-10;/h3-6,8H,13H2,1-2H3;1H. The van der Waals surface area contributed by atoms with Gasteiger partial charge in [0, 0.05) is 12.2 Å². The van der Waals surface area contributed by atoms with Gasteiger partial charge in [-0.15, -0.1) is 12.4 Å². The Labute approximate surface area is 110 Å². The van der Waals surface area contributed by atoms with E-state index in [-0.39, 0.29) is 18.4 Å². The molecule has 3 aromatic rings. The van der Waals surface area contributed by atoms with Crippen molar-refractivity contribution in [3.8, 4) is 0 Å². The van der Waals surface area contributed by atoms with E-state index in [0.29, 0.717) is 0 Å². The average molecular weight is 268 g/mol. The summed E-state index contributed by atoms with van der Waals surface area (Å²) in [6, 6.07) is 6.33. The van der Waals surface area contributed by atoms with Gasteiger partial charge in [-0.2, -0.15) is 0 Å². The highest BCUT2D eigenvalue weighted by atomic mass is 35.5. The summed E-state index contributed by atoms with van der Waals surface area (Å²) in [6.07, 6.45) is 2.05. The number of para-hydroxylation sites is 1. The molecule has 1 aromatic carbocycles. The maximum atomic E-state index is 5.85. The van der Waals surface area contributed by atoms with Crippen molar-refractivity contribution in [1.82, 2.24) is 9.38 Å². The van der Waals surface area contributed by atoms with Crippen molar-refractivity contribution in [2.45, 2.75) is 19.9 Å². The number of benzene rings is 1. The van der Waals surface area contributed by atoms with E-state index in [9.17, 15) is 0 Å². The number of aromatic nitrogens is 2. The quantitative estimate of drug-likeness (QED) is 0.735. The minimum absolute atomic E-state index is 0. The Bertz CT molecular complexity index is 669.